The molecular formula is C12H14ClF3N2O. The quantitative estimate of drug-likeness (QED) is 0.894. The van der Waals surface area contributed by atoms with E-state index >= 15 is 0 Å². The normalized spacial score (nSPS) is 12.9. The van der Waals surface area contributed by atoms with Gasteiger partial charge in [0.2, 0.25) is 5.91 Å². The Morgan fingerprint density at radius 3 is 2.58 bits per heavy atom. The molecule has 19 heavy (non-hydrogen) atoms. The Morgan fingerprint density at radius 2 is 2.05 bits per heavy atom. The van der Waals surface area contributed by atoms with E-state index in [0.717, 1.165) is 18.2 Å². The predicted octanol–water partition coefficient (Wildman–Crippen LogP) is 3.30. The number of carbonyl (C=O) groups excluding carboxylic acids is 1. The topological polar surface area (TPSA) is 41.1 Å². The van der Waals surface area contributed by atoms with Crippen molar-refractivity contribution >= 4 is 23.2 Å². The van der Waals surface area contributed by atoms with Gasteiger partial charge >= 0.3 is 6.18 Å². The SMILES string of the molecule is CCNC(=O)C(C)Nc1cc(C(F)(F)F)ccc1Cl. The van der Waals surface area contributed by atoms with Crippen molar-refractivity contribution in [2.75, 3.05) is 11.9 Å². The van der Waals surface area contributed by atoms with Crippen LogP contribution in [0, 0.1) is 0 Å². The van der Waals surface area contributed by atoms with Gasteiger partial charge in [0.05, 0.1) is 16.3 Å². The van der Waals surface area contributed by atoms with Crippen LogP contribution >= 0.6 is 11.6 Å². The summed E-state index contributed by atoms with van der Waals surface area (Å²) >= 11 is 5.81. The first-order valence-corrected chi connectivity index (χ1v) is 6.04. The van der Waals surface area contributed by atoms with Gasteiger partial charge in [-0.1, -0.05) is 11.6 Å². The lowest BCUT2D eigenvalue weighted by atomic mass is 10.1. The molecule has 0 radical (unpaired) electrons. The smallest absolute Gasteiger partial charge is 0.373 e. The lowest BCUT2D eigenvalue weighted by Gasteiger charge is -2.17. The Morgan fingerprint density at radius 1 is 1.42 bits per heavy atom. The highest BCUT2D eigenvalue weighted by molar-refractivity contribution is 6.33. The number of likely N-dealkylation sites (N-methyl/N-ethyl adjacent to an activating group) is 1. The van der Waals surface area contributed by atoms with E-state index in [1.54, 1.807) is 13.8 Å². The molecule has 3 nitrogen and oxygen atoms in total. The predicted molar refractivity (Wildman–Crippen MR) is 68.2 cm³/mol. The summed E-state index contributed by atoms with van der Waals surface area (Å²) in [5, 5.41) is 5.36. The average molecular weight is 295 g/mol. The van der Waals surface area contributed by atoms with Crippen LogP contribution in [0.4, 0.5) is 18.9 Å². The van der Waals surface area contributed by atoms with Gasteiger partial charge in [0.15, 0.2) is 0 Å². The second kappa shape index (κ2) is 6.14. The Balaban J connectivity index is 2.91. The van der Waals surface area contributed by atoms with Crippen LogP contribution < -0.4 is 10.6 Å². The number of carbonyl (C=O) groups is 1. The van der Waals surface area contributed by atoms with Gasteiger partial charge < -0.3 is 10.6 Å². The molecule has 7 heteroatoms. The van der Waals surface area contributed by atoms with Gasteiger partial charge in [-0.2, -0.15) is 13.2 Å². The van der Waals surface area contributed by atoms with Gasteiger partial charge in [-0.25, -0.2) is 0 Å². The van der Waals surface area contributed by atoms with Gasteiger partial charge in [0.1, 0.15) is 6.04 Å². The van der Waals surface area contributed by atoms with Gasteiger partial charge in [0.25, 0.3) is 0 Å². The average Bonchev–Trinajstić information content (AvgIpc) is 2.30. The molecule has 1 amide bonds. The van der Waals surface area contributed by atoms with Crippen molar-refractivity contribution in [1.82, 2.24) is 5.32 Å². The number of benzene rings is 1. The van der Waals surface area contributed by atoms with Crippen LogP contribution in [0.25, 0.3) is 0 Å². The van der Waals surface area contributed by atoms with E-state index in [1.807, 2.05) is 0 Å². The fraction of sp³-hybridized carbons (Fsp3) is 0.417. The zero-order valence-corrected chi connectivity index (χ0v) is 11.2. The summed E-state index contributed by atoms with van der Waals surface area (Å²) < 4.78 is 37.7. The maximum Gasteiger partial charge on any atom is 0.416 e. The molecule has 1 aromatic rings. The van der Waals surface area contributed by atoms with Crippen molar-refractivity contribution in [3.63, 3.8) is 0 Å². The van der Waals surface area contributed by atoms with E-state index in [0.29, 0.717) is 6.54 Å². The molecule has 1 atom stereocenters. The first-order valence-electron chi connectivity index (χ1n) is 5.66. The molecule has 0 spiro atoms. The highest BCUT2D eigenvalue weighted by Crippen LogP contribution is 2.33. The van der Waals surface area contributed by atoms with Crippen LogP contribution in [0.5, 0.6) is 0 Å². The summed E-state index contributed by atoms with van der Waals surface area (Å²) in [5.41, 5.74) is -0.738. The minimum Gasteiger partial charge on any atom is -0.373 e. The van der Waals surface area contributed by atoms with E-state index in [4.69, 9.17) is 11.6 Å². The molecule has 0 saturated carbocycles. The Bertz CT molecular complexity index is 463. The summed E-state index contributed by atoms with van der Waals surface area (Å²) in [4.78, 5) is 11.5. The van der Waals surface area contributed by atoms with E-state index in [-0.39, 0.29) is 16.6 Å². The zero-order chi connectivity index (χ0) is 14.6. The second-order valence-corrected chi connectivity index (χ2v) is 4.36. The molecule has 0 bridgehead atoms. The van der Waals surface area contributed by atoms with Gasteiger partial charge in [-0.15, -0.1) is 0 Å². The Labute approximate surface area is 114 Å². The van der Waals surface area contributed by atoms with Gasteiger partial charge in [-0.3, -0.25) is 4.79 Å². The number of amides is 1. The van der Waals surface area contributed by atoms with Crippen molar-refractivity contribution in [3.05, 3.63) is 28.8 Å². The Hall–Kier alpha value is -1.43. The zero-order valence-electron chi connectivity index (χ0n) is 10.4. The molecule has 1 unspecified atom stereocenters. The van der Waals surface area contributed by atoms with E-state index in [2.05, 4.69) is 10.6 Å². The van der Waals surface area contributed by atoms with E-state index in [1.165, 1.54) is 0 Å². The molecule has 0 aliphatic carbocycles. The van der Waals surface area contributed by atoms with E-state index in [9.17, 15) is 18.0 Å². The lowest BCUT2D eigenvalue weighted by Crippen LogP contribution is -2.37. The van der Waals surface area contributed by atoms with Crippen molar-refractivity contribution in [2.45, 2.75) is 26.1 Å². The molecule has 1 rings (SSSR count). The molecule has 0 aliphatic rings. The van der Waals surface area contributed by atoms with E-state index < -0.39 is 17.8 Å². The third-order valence-corrected chi connectivity index (χ3v) is 2.74. The third kappa shape index (κ3) is 4.31. The molecule has 106 valence electrons. The van der Waals surface area contributed by atoms with Crippen LogP contribution in [0.3, 0.4) is 0 Å². The molecule has 2 N–H and O–H groups in total. The first kappa shape index (κ1) is 15.6. The number of rotatable bonds is 4. The summed E-state index contributed by atoms with van der Waals surface area (Å²) in [7, 11) is 0. The molecule has 0 heterocycles. The number of anilines is 1. The minimum atomic E-state index is -4.45. The third-order valence-electron chi connectivity index (χ3n) is 2.41. The lowest BCUT2D eigenvalue weighted by molar-refractivity contribution is -0.137. The summed E-state index contributed by atoms with van der Waals surface area (Å²) in [5.74, 6) is -0.309. The maximum absolute atomic E-state index is 12.6. The van der Waals surface area contributed by atoms with Crippen molar-refractivity contribution in [1.29, 1.82) is 0 Å². The second-order valence-electron chi connectivity index (χ2n) is 3.95. The monoisotopic (exact) mass is 294 g/mol. The fourth-order valence-corrected chi connectivity index (χ4v) is 1.61. The number of halogens is 4. The van der Waals surface area contributed by atoms with Crippen molar-refractivity contribution < 1.29 is 18.0 Å². The van der Waals surface area contributed by atoms with Crippen LogP contribution in [0.2, 0.25) is 5.02 Å². The molecule has 1 aromatic carbocycles. The highest BCUT2D eigenvalue weighted by Gasteiger charge is 2.31. The first-order chi connectivity index (χ1) is 8.75. The largest absolute Gasteiger partial charge is 0.416 e. The van der Waals surface area contributed by atoms with Crippen LogP contribution in [0.1, 0.15) is 19.4 Å². The number of hydrogen-bond acceptors (Lipinski definition) is 2. The summed E-state index contributed by atoms with van der Waals surface area (Å²) in [6, 6.07) is 2.25. The molecule has 0 fully saturated rings. The van der Waals surface area contributed by atoms with Crippen LogP contribution in [-0.4, -0.2) is 18.5 Å². The number of nitrogens with one attached hydrogen (secondary N) is 2. The summed E-state index contributed by atoms with van der Waals surface area (Å²) in [6.45, 7) is 3.74. The van der Waals surface area contributed by atoms with Crippen molar-refractivity contribution in [3.8, 4) is 0 Å². The van der Waals surface area contributed by atoms with Crippen LogP contribution in [0.15, 0.2) is 18.2 Å². The van der Waals surface area contributed by atoms with Gasteiger partial charge in [-0.05, 0) is 32.0 Å². The van der Waals surface area contributed by atoms with Gasteiger partial charge in [0, 0.05) is 6.54 Å². The molecule has 0 aliphatic heterocycles. The standard InChI is InChI=1S/C12H14ClF3N2O/c1-3-17-11(19)7(2)18-10-6-8(12(14,15)16)4-5-9(10)13/h4-7,18H,3H2,1-2H3,(H,17,19). The molecule has 0 saturated heterocycles. The Kier molecular flexibility index (Phi) is 5.05. The maximum atomic E-state index is 12.6. The molecule has 0 aromatic heterocycles. The highest BCUT2D eigenvalue weighted by atomic mass is 35.5. The van der Waals surface area contributed by atoms with Crippen LogP contribution in [-0.2, 0) is 11.0 Å². The number of alkyl halides is 3. The van der Waals surface area contributed by atoms with Crippen molar-refractivity contribution in [2.24, 2.45) is 0 Å². The fourth-order valence-electron chi connectivity index (χ4n) is 1.44. The summed E-state index contributed by atoms with van der Waals surface area (Å²) in [6.07, 6.45) is -4.45. The molecular weight excluding hydrogens is 281 g/mol. The number of hydrogen-bond donors (Lipinski definition) is 2. The minimum absolute atomic E-state index is 0.0789.